The molecular weight excluding hydrogens is 257 g/mol. The summed E-state index contributed by atoms with van der Waals surface area (Å²) in [5, 5.41) is 13.0. The summed E-state index contributed by atoms with van der Waals surface area (Å²) in [5.74, 6) is -0.716. The Kier molecular flexibility index (Phi) is 4.76. The third-order valence-corrected chi connectivity index (χ3v) is 4.06. The molecule has 0 radical (unpaired) electrons. The Morgan fingerprint density at radius 3 is 2.70 bits per heavy atom. The highest BCUT2D eigenvalue weighted by Gasteiger charge is 2.31. The van der Waals surface area contributed by atoms with E-state index >= 15 is 0 Å². The van der Waals surface area contributed by atoms with Crippen LogP contribution in [0.2, 0.25) is 0 Å². The van der Waals surface area contributed by atoms with Crippen molar-refractivity contribution in [2.45, 2.75) is 44.6 Å². The van der Waals surface area contributed by atoms with Gasteiger partial charge < -0.3 is 10.4 Å². The van der Waals surface area contributed by atoms with E-state index in [0.29, 0.717) is 18.5 Å². The first kappa shape index (κ1) is 15.0. The summed E-state index contributed by atoms with van der Waals surface area (Å²) in [4.78, 5) is 12.0. The fourth-order valence-corrected chi connectivity index (χ4v) is 2.72. The molecule has 2 N–H and O–H groups in total. The highest BCUT2D eigenvalue weighted by atomic mass is 19.1. The number of halogens is 1. The topological polar surface area (TPSA) is 49.3 Å². The molecular formula is C16H22FNO2. The van der Waals surface area contributed by atoms with Crippen molar-refractivity contribution in [1.82, 2.24) is 5.32 Å². The SMILES string of the molecule is CC(Cc1ccccc1F)C(=O)NCC1(O)CCCC1. The normalized spacial score (nSPS) is 18.8. The summed E-state index contributed by atoms with van der Waals surface area (Å²) >= 11 is 0. The van der Waals surface area contributed by atoms with Crippen molar-refractivity contribution in [2.24, 2.45) is 5.92 Å². The van der Waals surface area contributed by atoms with Gasteiger partial charge in [0.1, 0.15) is 5.82 Å². The molecule has 1 saturated carbocycles. The molecule has 0 spiro atoms. The molecule has 1 atom stereocenters. The van der Waals surface area contributed by atoms with Gasteiger partial charge in [0.25, 0.3) is 0 Å². The molecule has 0 heterocycles. The second kappa shape index (κ2) is 6.35. The van der Waals surface area contributed by atoms with Crippen LogP contribution in [0.15, 0.2) is 24.3 Å². The standard InChI is InChI=1S/C16H22FNO2/c1-12(10-13-6-2-3-7-14(13)17)15(19)18-11-16(20)8-4-5-9-16/h2-3,6-7,12,20H,4-5,8-11H2,1H3,(H,18,19). The Morgan fingerprint density at radius 2 is 2.05 bits per heavy atom. The maximum absolute atomic E-state index is 13.5. The second-order valence-corrected chi connectivity index (χ2v) is 5.85. The average Bonchev–Trinajstić information content (AvgIpc) is 2.86. The van der Waals surface area contributed by atoms with Crippen molar-refractivity contribution >= 4 is 5.91 Å². The van der Waals surface area contributed by atoms with Gasteiger partial charge in [0.05, 0.1) is 5.60 Å². The van der Waals surface area contributed by atoms with Crippen molar-refractivity contribution in [3.05, 3.63) is 35.6 Å². The van der Waals surface area contributed by atoms with Crippen LogP contribution in [-0.2, 0) is 11.2 Å². The van der Waals surface area contributed by atoms with Gasteiger partial charge in [-0.1, -0.05) is 38.0 Å². The summed E-state index contributed by atoms with van der Waals surface area (Å²) in [6.45, 7) is 2.08. The second-order valence-electron chi connectivity index (χ2n) is 5.85. The van der Waals surface area contributed by atoms with Crippen LogP contribution in [0, 0.1) is 11.7 Å². The van der Waals surface area contributed by atoms with Crippen molar-refractivity contribution in [3.63, 3.8) is 0 Å². The maximum Gasteiger partial charge on any atom is 0.223 e. The quantitative estimate of drug-likeness (QED) is 0.869. The van der Waals surface area contributed by atoms with Crippen molar-refractivity contribution in [1.29, 1.82) is 0 Å². The van der Waals surface area contributed by atoms with Gasteiger partial charge in [0, 0.05) is 12.5 Å². The van der Waals surface area contributed by atoms with Crippen LogP contribution in [0.25, 0.3) is 0 Å². The van der Waals surface area contributed by atoms with Crippen LogP contribution >= 0.6 is 0 Å². The molecule has 0 bridgehead atoms. The lowest BCUT2D eigenvalue weighted by atomic mass is 9.98. The number of carbonyl (C=O) groups is 1. The lowest BCUT2D eigenvalue weighted by Gasteiger charge is -2.23. The first-order valence-electron chi connectivity index (χ1n) is 7.24. The van der Waals surface area contributed by atoms with Gasteiger partial charge in [0.2, 0.25) is 5.91 Å². The number of hydrogen-bond donors (Lipinski definition) is 2. The van der Waals surface area contributed by atoms with E-state index in [4.69, 9.17) is 0 Å². The highest BCUT2D eigenvalue weighted by molar-refractivity contribution is 5.78. The number of carbonyl (C=O) groups excluding carboxylic acids is 1. The van der Waals surface area contributed by atoms with Crippen LogP contribution in [0.1, 0.15) is 38.2 Å². The van der Waals surface area contributed by atoms with Gasteiger partial charge in [-0.2, -0.15) is 0 Å². The third-order valence-electron chi connectivity index (χ3n) is 4.06. The van der Waals surface area contributed by atoms with E-state index < -0.39 is 5.60 Å². The first-order valence-corrected chi connectivity index (χ1v) is 7.24. The van der Waals surface area contributed by atoms with Crippen LogP contribution in [0.5, 0.6) is 0 Å². The zero-order valence-corrected chi connectivity index (χ0v) is 11.9. The molecule has 1 amide bonds. The van der Waals surface area contributed by atoms with E-state index in [0.717, 1.165) is 25.7 Å². The minimum absolute atomic E-state index is 0.131. The number of nitrogens with one attached hydrogen (secondary N) is 1. The molecule has 1 aromatic carbocycles. The van der Waals surface area contributed by atoms with Gasteiger partial charge in [0.15, 0.2) is 0 Å². The summed E-state index contributed by atoms with van der Waals surface area (Å²) in [5.41, 5.74) is -0.192. The van der Waals surface area contributed by atoms with E-state index in [1.165, 1.54) is 6.07 Å². The Balaban J connectivity index is 1.84. The van der Waals surface area contributed by atoms with Crippen molar-refractivity contribution in [2.75, 3.05) is 6.54 Å². The van der Waals surface area contributed by atoms with E-state index in [1.807, 2.05) is 0 Å². The molecule has 20 heavy (non-hydrogen) atoms. The Hall–Kier alpha value is -1.42. The molecule has 2 rings (SSSR count). The molecule has 1 aromatic rings. The number of amides is 1. The van der Waals surface area contributed by atoms with Gasteiger partial charge >= 0.3 is 0 Å². The van der Waals surface area contributed by atoms with Crippen molar-refractivity contribution in [3.8, 4) is 0 Å². The fourth-order valence-electron chi connectivity index (χ4n) is 2.72. The molecule has 1 fully saturated rings. The van der Waals surface area contributed by atoms with Crippen LogP contribution in [0.3, 0.4) is 0 Å². The number of benzene rings is 1. The molecule has 1 aliphatic carbocycles. The Morgan fingerprint density at radius 1 is 1.40 bits per heavy atom. The molecule has 1 aliphatic rings. The Bertz CT molecular complexity index is 469. The summed E-state index contributed by atoms with van der Waals surface area (Å²) in [7, 11) is 0. The fraction of sp³-hybridized carbons (Fsp3) is 0.562. The predicted octanol–water partition coefficient (Wildman–Crippen LogP) is 2.43. The molecule has 0 aliphatic heterocycles. The summed E-state index contributed by atoms with van der Waals surface area (Å²) < 4.78 is 13.5. The van der Waals surface area contributed by atoms with E-state index in [1.54, 1.807) is 25.1 Å². The van der Waals surface area contributed by atoms with E-state index in [2.05, 4.69) is 5.32 Å². The summed E-state index contributed by atoms with van der Waals surface area (Å²) in [6, 6.07) is 6.51. The average molecular weight is 279 g/mol. The lowest BCUT2D eigenvalue weighted by molar-refractivity contribution is -0.125. The largest absolute Gasteiger partial charge is 0.388 e. The van der Waals surface area contributed by atoms with E-state index in [-0.39, 0.29) is 17.6 Å². The minimum atomic E-state index is -0.743. The number of hydrogen-bond acceptors (Lipinski definition) is 2. The third kappa shape index (κ3) is 3.79. The molecule has 1 unspecified atom stereocenters. The zero-order valence-electron chi connectivity index (χ0n) is 11.9. The molecule has 0 saturated heterocycles. The predicted molar refractivity (Wildman–Crippen MR) is 75.7 cm³/mol. The van der Waals surface area contributed by atoms with Gasteiger partial charge in [-0.25, -0.2) is 4.39 Å². The van der Waals surface area contributed by atoms with Gasteiger partial charge in [-0.05, 0) is 30.9 Å². The first-order chi connectivity index (χ1) is 9.50. The van der Waals surface area contributed by atoms with Crippen LogP contribution < -0.4 is 5.32 Å². The number of rotatable bonds is 5. The van der Waals surface area contributed by atoms with Gasteiger partial charge in [-0.3, -0.25) is 4.79 Å². The summed E-state index contributed by atoms with van der Waals surface area (Å²) in [6.07, 6.45) is 3.88. The van der Waals surface area contributed by atoms with Crippen LogP contribution in [-0.4, -0.2) is 23.2 Å². The smallest absolute Gasteiger partial charge is 0.223 e. The molecule has 110 valence electrons. The number of aliphatic hydroxyl groups is 1. The van der Waals surface area contributed by atoms with Gasteiger partial charge in [-0.15, -0.1) is 0 Å². The minimum Gasteiger partial charge on any atom is -0.388 e. The molecule has 4 heteroatoms. The maximum atomic E-state index is 13.5. The van der Waals surface area contributed by atoms with Crippen LogP contribution in [0.4, 0.5) is 4.39 Å². The monoisotopic (exact) mass is 279 g/mol. The Labute approximate surface area is 119 Å². The van der Waals surface area contributed by atoms with Crippen molar-refractivity contribution < 1.29 is 14.3 Å². The molecule has 3 nitrogen and oxygen atoms in total. The zero-order chi connectivity index (χ0) is 14.6. The van der Waals surface area contributed by atoms with E-state index in [9.17, 15) is 14.3 Å². The molecule has 0 aromatic heterocycles. The highest BCUT2D eigenvalue weighted by Crippen LogP contribution is 2.28. The lowest BCUT2D eigenvalue weighted by Crippen LogP contribution is -2.42.